The first-order chi connectivity index (χ1) is 12.6. The second-order valence-electron chi connectivity index (χ2n) is 6.12. The molecule has 0 radical (unpaired) electrons. The number of halogens is 3. The summed E-state index contributed by atoms with van der Waals surface area (Å²) in [7, 11) is 0. The number of rotatable bonds is 4. The van der Waals surface area contributed by atoms with Gasteiger partial charge in [0.25, 0.3) is 0 Å². The Balaban J connectivity index is 1.78. The van der Waals surface area contributed by atoms with Gasteiger partial charge in [0, 0.05) is 18.0 Å². The molecule has 0 amide bonds. The first-order valence-electron chi connectivity index (χ1n) is 8.23. The van der Waals surface area contributed by atoms with Crippen LogP contribution in [-0.2, 0) is 13.0 Å². The van der Waals surface area contributed by atoms with Crippen LogP contribution in [0.3, 0.4) is 0 Å². The number of hydrogen-bond acceptors (Lipinski definition) is 1. The van der Waals surface area contributed by atoms with Gasteiger partial charge >= 0.3 is 0 Å². The molecule has 26 heavy (non-hydrogen) atoms. The van der Waals surface area contributed by atoms with Crippen molar-refractivity contribution in [2.24, 2.45) is 0 Å². The van der Waals surface area contributed by atoms with E-state index >= 15 is 0 Å². The smallest absolute Gasteiger partial charge is 0.114 e. The monoisotopic (exact) mass is 400 g/mol. The maximum absolute atomic E-state index is 6.35. The molecule has 0 aliphatic rings. The molecule has 130 valence electrons. The van der Waals surface area contributed by atoms with E-state index in [4.69, 9.17) is 39.8 Å². The Morgan fingerprint density at radius 2 is 1.54 bits per heavy atom. The van der Waals surface area contributed by atoms with Crippen molar-refractivity contribution in [1.82, 2.24) is 9.55 Å². The van der Waals surface area contributed by atoms with Gasteiger partial charge in [-0.25, -0.2) is 4.98 Å². The van der Waals surface area contributed by atoms with Crippen molar-refractivity contribution in [3.05, 3.63) is 98.7 Å². The van der Waals surface area contributed by atoms with Crippen molar-refractivity contribution in [2.45, 2.75) is 13.0 Å². The molecule has 2 nitrogen and oxygen atoms in total. The van der Waals surface area contributed by atoms with Crippen LogP contribution in [0.15, 0.2) is 66.7 Å². The zero-order valence-corrected chi connectivity index (χ0v) is 16.1. The first-order valence-corrected chi connectivity index (χ1v) is 9.36. The molecule has 4 aromatic rings. The highest BCUT2D eigenvalue weighted by Crippen LogP contribution is 2.26. The zero-order chi connectivity index (χ0) is 18.1. The lowest BCUT2D eigenvalue weighted by atomic mass is 10.1. The van der Waals surface area contributed by atoms with E-state index in [1.807, 2.05) is 60.7 Å². The van der Waals surface area contributed by atoms with Gasteiger partial charge in [-0.15, -0.1) is 0 Å². The summed E-state index contributed by atoms with van der Waals surface area (Å²) < 4.78 is 2.21. The molecule has 1 heterocycles. The Labute approximate surface area is 167 Å². The number of aromatic nitrogens is 2. The normalized spacial score (nSPS) is 11.2. The minimum Gasteiger partial charge on any atom is -0.323 e. The summed E-state index contributed by atoms with van der Waals surface area (Å²) in [5.74, 6) is 0.963. The maximum Gasteiger partial charge on any atom is 0.114 e. The number of benzene rings is 3. The fraction of sp³-hybridized carbons (Fsp3) is 0.0952. The molecule has 0 saturated carbocycles. The van der Waals surface area contributed by atoms with Gasteiger partial charge in [0.1, 0.15) is 5.82 Å². The Hall–Kier alpha value is -2.00. The van der Waals surface area contributed by atoms with Crippen LogP contribution in [0.1, 0.15) is 17.0 Å². The van der Waals surface area contributed by atoms with E-state index in [1.165, 1.54) is 0 Å². The van der Waals surface area contributed by atoms with E-state index < -0.39 is 0 Å². The summed E-state index contributed by atoms with van der Waals surface area (Å²) in [6.45, 7) is 0.664. The summed E-state index contributed by atoms with van der Waals surface area (Å²) in [6.07, 6.45) is 0.662. The Morgan fingerprint density at radius 1 is 0.769 bits per heavy atom. The van der Waals surface area contributed by atoms with Gasteiger partial charge in [0.2, 0.25) is 0 Å². The molecule has 1 aromatic heterocycles. The summed E-state index contributed by atoms with van der Waals surface area (Å²) in [5.41, 5.74) is 4.18. The van der Waals surface area contributed by atoms with Gasteiger partial charge in [-0.1, -0.05) is 71.2 Å². The van der Waals surface area contributed by atoms with Gasteiger partial charge < -0.3 is 4.57 Å². The standard InChI is InChI=1S/C21H15Cl3N2/c22-16-6-2-1-5-15(16)12-21-25-19-7-3-4-8-20(19)26(21)13-14-9-10-17(23)18(24)11-14/h1-11H,12-13H2. The summed E-state index contributed by atoms with van der Waals surface area (Å²) in [4.78, 5) is 4.83. The average molecular weight is 402 g/mol. The lowest BCUT2D eigenvalue weighted by molar-refractivity contribution is 0.762. The quantitative estimate of drug-likeness (QED) is 0.375. The summed E-state index contributed by atoms with van der Waals surface area (Å²) >= 11 is 18.6. The highest BCUT2D eigenvalue weighted by atomic mass is 35.5. The number of fused-ring (bicyclic) bond motifs is 1. The molecular formula is C21H15Cl3N2. The molecule has 0 unspecified atom stereocenters. The van der Waals surface area contributed by atoms with Gasteiger partial charge in [0.05, 0.1) is 21.1 Å². The SMILES string of the molecule is Clc1ccc(Cn2c(Cc3ccccc3Cl)nc3ccccc32)cc1Cl. The van der Waals surface area contributed by atoms with Crippen molar-refractivity contribution in [1.29, 1.82) is 0 Å². The van der Waals surface area contributed by atoms with E-state index in [9.17, 15) is 0 Å². The molecule has 5 heteroatoms. The number of hydrogen-bond donors (Lipinski definition) is 0. The molecule has 0 atom stereocenters. The molecule has 3 aromatic carbocycles. The van der Waals surface area contributed by atoms with Crippen LogP contribution >= 0.6 is 34.8 Å². The van der Waals surface area contributed by atoms with Crippen LogP contribution in [0.25, 0.3) is 11.0 Å². The lowest BCUT2D eigenvalue weighted by Crippen LogP contribution is -2.06. The van der Waals surface area contributed by atoms with E-state index in [0.717, 1.165) is 33.0 Å². The molecule has 0 spiro atoms. The molecule has 0 N–H and O–H groups in total. The minimum atomic E-state index is 0.557. The third-order valence-electron chi connectivity index (χ3n) is 4.36. The summed E-state index contributed by atoms with van der Waals surface area (Å²) in [6, 6.07) is 21.7. The molecule has 0 aliphatic heterocycles. The fourth-order valence-electron chi connectivity index (χ4n) is 3.07. The van der Waals surface area contributed by atoms with Gasteiger partial charge in [-0.05, 0) is 41.5 Å². The van der Waals surface area contributed by atoms with E-state index in [1.54, 1.807) is 0 Å². The van der Waals surface area contributed by atoms with E-state index in [0.29, 0.717) is 23.0 Å². The molecule has 0 aliphatic carbocycles. The van der Waals surface area contributed by atoms with Gasteiger partial charge in [0.15, 0.2) is 0 Å². The Kier molecular flexibility index (Phi) is 4.90. The van der Waals surface area contributed by atoms with Crippen molar-refractivity contribution in [2.75, 3.05) is 0 Å². The average Bonchev–Trinajstić information content (AvgIpc) is 2.98. The highest BCUT2D eigenvalue weighted by molar-refractivity contribution is 6.42. The molecular weight excluding hydrogens is 387 g/mol. The number of imidazole rings is 1. The fourth-order valence-corrected chi connectivity index (χ4v) is 3.59. The third-order valence-corrected chi connectivity index (χ3v) is 5.47. The second-order valence-corrected chi connectivity index (χ2v) is 7.34. The Morgan fingerprint density at radius 3 is 2.35 bits per heavy atom. The van der Waals surface area contributed by atoms with Crippen LogP contribution < -0.4 is 0 Å². The van der Waals surface area contributed by atoms with Crippen LogP contribution in [0, 0.1) is 0 Å². The zero-order valence-electron chi connectivity index (χ0n) is 13.8. The van der Waals surface area contributed by atoms with Crippen LogP contribution in [0.2, 0.25) is 15.1 Å². The lowest BCUT2D eigenvalue weighted by Gasteiger charge is -2.11. The number of nitrogens with zero attached hydrogens (tertiary/aromatic N) is 2. The molecule has 4 rings (SSSR count). The summed E-state index contributed by atoms with van der Waals surface area (Å²) in [5, 5.41) is 1.86. The molecule has 0 bridgehead atoms. The highest BCUT2D eigenvalue weighted by Gasteiger charge is 2.13. The van der Waals surface area contributed by atoms with Crippen LogP contribution in [0.5, 0.6) is 0 Å². The third kappa shape index (κ3) is 3.45. The van der Waals surface area contributed by atoms with Crippen LogP contribution in [-0.4, -0.2) is 9.55 Å². The number of para-hydroxylation sites is 2. The minimum absolute atomic E-state index is 0.557. The first kappa shape index (κ1) is 17.4. The van der Waals surface area contributed by atoms with Crippen molar-refractivity contribution in [3.63, 3.8) is 0 Å². The van der Waals surface area contributed by atoms with E-state index in [2.05, 4.69) is 10.6 Å². The van der Waals surface area contributed by atoms with Crippen molar-refractivity contribution in [3.8, 4) is 0 Å². The predicted octanol–water partition coefficient (Wildman–Crippen LogP) is 6.64. The van der Waals surface area contributed by atoms with Gasteiger partial charge in [-0.3, -0.25) is 0 Å². The van der Waals surface area contributed by atoms with Crippen molar-refractivity contribution < 1.29 is 0 Å². The second kappa shape index (κ2) is 7.32. The molecule has 0 saturated heterocycles. The predicted molar refractivity (Wildman–Crippen MR) is 110 cm³/mol. The molecule has 0 fully saturated rings. The van der Waals surface area contributed by atoms with Crippen LogP contribution in [0.4, 0.5) is 0 Å². The van der Waals surface area contributed by atoms with Gasteiger partial charge in [-0.2, -0.15) is 0 Å². The maximum atomic E-state index is 6.35. The Bertz CT molecular complexity index is 1090. The van der Waals surface area contributed by atoms with E-state index in [-0.39, 0.29) is 0 Å². The van der Waals surface area contributed by atoms with Crippen molar-refractivity contribution >= 4 is 45.8 Å². The topological polar surface area (TPSA) is 17.8 Å². The largest absolute Gasteiger partial charge is 0.323 e.